The van der Waals surface area contributed by atoms with E-state index in [-0.39, 0.29) is 18.9 Å². The Morgan fingerprint density at radius 3 is 2.45 bits per heavy atom. The number of fused-ring (bicyclic) bond motifs is 1. The number of hydrogen-bond acceptors (Lipinski definition) is 4. The molecule has 6 nitrogen and oxygen atoms in total. The maximum absolute atomic E-state index is 13.0. The molecule has 4 rings (SSSR count). The molecule has 1 aliphatic heterocycles. The number of amides is 3. The third-order valence-corrected chi connectivity index (χ3v) is 5.37. The number of rotatable bonds is 5. The fourth-order valence-electron chi connectivity index (χ4n) is 3.64. The second-order valence-corrected chi connectivity index (χ2v) is 7.57. The summed E-state index contributed by atoms with van der Waals surface area (Å²) in [7, 11) is 0. The molecule has 1 aliphatic rings. The van der Waals surface area contributed by atoms with Crippen molar-refractivity contribution in [1.29, 1.82) is 0 Å². The van der Waals surface area contributed by atoms with Crippen LogP contribution in [0.4, 0.5) is 23.7 Å². The van der Waals surface area contributed by atoms with Gasteiger partial charge in [-0.15, -0.1) is 0 Å². The molecule has 2 heterocycles. The predicted octanol–water partition coefficient (Wildman–Crippen LogP) is 5.15. The van der Waals surface area contributed by atoms with E-state index in [0.717, 1.165) is 22.6 Å². The van der Waals surface area contributed by atoms with Crippen LogP contribution in [0.2, 0.25) is 0 Å². The van der Waals surface area contributed by atoms with Gasteiger partial charge in [0.25, 0.3) is 0 Å². The molecule has 0 atom stereocenters. The highest BCUT2D eigenvalue weighted by Crippen LogP contribution is 2.34. The highest BCUT2D eigenvalue weighted by atomic mass is 19.4. The first-order valence-corrected chi connectivity index (χ1v) is 10.4. The number of alkyl halides is 3. The molecule has 9 heteroatoms. The van der Waals surface area contributed by atoms with Crippen LogP contribution in [0.3, 0.4) is 0 Å². The number of nitrogens with one attached hydrogen (secondary N) is 1. The highest BCUT2D eigenvalue weighted by molar-refractivity contribution is 6.15. The van der Waals surface area contributed by atoms with E-state index in [4.69, 9.17) is 0 Å². The van der Waals surface area contributed by atoms with Gasteiger partial charge in [0.15, 0.2) is 0 Å². The SMILES string of the molecule is CCC(=O)N1C(=O)N(NCc2cccnc2)Cc2cc(-c3ccc(C(F)(F)F)cc3)ccc21. The van der Waals surface area contributed by atoms with E-state index in [0.29, 0.717) is 28.9 Å². The Hall–Kier alpha value is -3.72. The largest absolute Gasteiger partial charge is 0.416 e. The van der Waals surface area contributed by atoms with Crippen LogP contribution < -0.4 is 10.3 Å². The van der Waals surface area contributed by atoms with Crippen LogP contribution in [-0.2, 0) is 24.1 Å². The van der Waals surface area contributed by atoms with Gasteiger partial charge in [-0.05, 0) is 52.6 Å². The third kappa shape index (κ3) is 4.73. The topological polar surface area (TPSA) is 65.5 Å². The van der Waals surface area contributed by atoms with Crippen LogP contribution in [0.5, 0.6) is 0 Å². The van der Waals surface area contributed by atoms with Crippen LogP contribution in [0.1, 0.15) is 30.0 Å². The number of hydrazine groups is 1. The second-order valence-electron chi connectivity index (χ2n) is 7.57. The summed E-state index contributed by atoms with van der Waals surface area (Å²) in [6.07, 6.45) is -0.943. The molecule has 0 spiro atoms. The fraction of sp³-hybridized carbons (Fsp3) is 0.208. The van der Waals surface area contributed by atoms with E-state index in [9.17, 15) is 22.8 Å². The smallest absolute Gasteiger partial charge is 0.274 e. The summed E-state index contributed by atoms with van der Waals surface area (Å²) in [5.74, 6) is -0.351. The molecule has 3 aromatic rings. The number of benzene rings is 2. The average molecular weight is 454 g/mol. The van der Waals surface area contributed by atoms with E-state index < -0.39 is 17.8 Å². The summed E-state index contributed by atoms with van der Waals surface area (Å²) in [6.45, 7) is 2.20. The first-order chi connectivity index (χ1) is 15.8. The lowest BCUT2D eigenvalue weighted by atomic mass is 9.99. The van der Waals surface area contributed by atoms with Crippen molar-refractivity contribution in [2.75, 3.05) is 4.90 Å². The highest BCUT2D eigenvalue weighted by Gasteiger charge is 2.34. The third-order valence-electron chi connectivity index (χ3n) is 5.37. The van der Waals surface area contributed by atoms with E-state index in [1.807, 2.05) is 6.07 Å². The van der Waals surface area contributed by atoms with Crippen LogP contribution in [0, 0.1) is 0 Å². The van der Waals surface area contributed by atoms with Gasteiger partial charge in [-0.1, -0.05) is 31.2 Å². The molecule has 1 aromatic heterocycles. The lowest BCUT2D eigenvalue weighted by molar-refractivity contribution is -0.137. The van der Waals surface area contributed by atoms with Crippen LogP contribution in [-0.4, -0.2) is 21.9 Å². The van der Waals surface area contributed by atoms with Gasteiger partial charge >= 0.3 is 12.2 Å². The van der Waals surface area contributed by atoms with Crippen molar-refractivity contribution in [3.63, 3.8) is 0 Å². The maximum atomic E-state index is 13.0. The summed E-state index contributed by atoms with van der Waals surface area (Å²) >= 11 is 0. The number of pyridine rings is 1. The Labute approximate surface area is 188 Å². The van der Waals surface area contributed by atoms with Gasteiger partial charge in [0, 0.05) is 25.4 Å². The quantitative estimate of drug-likeness (QED) is 0.579. The molecule has 0 saturated carbocycles. The lowest BCUT2D eigenvalue weighted by Gasteiger charge is -2.36. The van der Waals surface area contributed by atoms with Gasteiger partial charge in [0.05, 0.1) is 17.8 Å². The van der Waals surface area contributed by atoms with Crippen LogP contribution >= 0.6 is 0 Å². The molecule has 0 fully saturated rings. The van der Waals surface area contributed by atoms with Gasteiger partial charge in [-0.25, -0.2) is 15.1 Å². The zero-order chi connectivity index (χ0) is 23.6. The van der Waals surface area contributed by atoms with Crippen LogP contribution in [0.15, 0.2) is 67.0 Å². The van der Waals surface area contributed by atoms with Crippen molar-refractivity contribution in [3.05, 3.63) is 83.7 Å². The summed E-state index contributed by atoms with van der Waals surface area (Å²) in [5.41, 5.74) is 5.65. The van der Waals surface area contributed by atoms with E-state index >= 15 is 0 Å². The molecule has 170 valence electrons. The fourth-order valence-corrected chi connectivity index (χ4v) is 3.64. The Morgan fingerprint density at radius 1 is 1.09 bits per heavy atom. The molecule has 0 bridgehead atoms. The molecule has 0 unspecified atom stereocenters. The Balaban J connectivity index is 1.64. The number of urea groups is 1. The average Bonchev–Trinajstić information content (AvgIpc) is 2.82. The molecular weight excluding hydrogens is 433 g/mol. The minimum absolute atomic E-state index is 0.141. The van der Waals surface area contributed by atoms with Crippen molar-refractivity contribution in [3.8, 4) is 11.1 Å². The Kier molecular flexibility index (Phi) is 6.15. The number of halogens is 3. The van der Waals surface area contributed by atoms with Gasteiger partial charge < -0.3 is 0 Å². The van der Waals surface area contributed by atoms with Crippen molar-refractivity contribution in [2.24, 2.45) is 0 Å². The summed E-state index contributed by atoms with van der Waals surface area (Å²) in [5, 5.41) is 1.36. The molecule has 0 aliphatic carbocycles. The Morgan fingerprint density at radius 2 is 1.82 bits per heavy atom. The summed E-state index contributed by atoms with van der Waals surface area (Å²) < 4.78 is 38.7. The predicted molar refractivity (Wildman–Crippen MR) is 117 cm³/mol. The normalized spacial score (nSPS) is 13.8. The Bertz CT molecular complexity index is 1160. The number of hydrogen-bond donors (Lipinski definition) is 1. The number of nitrogens with zero attached hydrogens (tertiary/aromatic N) is 3. The standard InChI is InChI=1S/C24H21F3N4O2/c1-2-22(32)31-21-10-7-18(17-5-8-20(9-6-17)24(25,26)27)12-19(21)15-30(23(31)33)29-14-16-4-3-11-28-13-16/h3-13,29H,2,14-15H2,1H3. The number of carbonyl (C=O) groups excluding carboxylic acids is 2. The number of aromatic nitrogens is 1. The van der Waals surface area contributed by atoms with Crippen molar-refractivity contribution >= 4 is 17.6 Å². The van der Waals surface area contributed by atoms with Gasteiger partial charge in [-0.2, -0.15) is 13.2 Å². The minimum atomic E-state index is -4.41. The minimum Gasteiger partial charge on any atom is -0.274 e. The molecule has 33 heavy (non-hydrogen) atoms. The zero-order valence-corrected chi connectivity index (χ0v) is 17.8. The van der Waals surface area contributed by atoms with Crippen molar-refractivity contribution in [1.82, 2.24) is 15.4 Å². The molecular formula is C24H21F3N4O2. The van der Waals surface area contributed by atoms with E-state index in [1.54, 1.807) is 43.6 Å². The number of anilines is 1. The van der Waals surface area contributed by atoms with Crippen LogP contribution in [0.25, 0.3) is 11.1 Å². The summed E-state index contributed by atoms with van der Waals surface area (Å²) in [4.78, 5) is 30.8. The molecule has 1 N–H and O–H groups in total. The van der Waals surface area contributed by atoms with E-state index in [1.165, 1.54) is 17.1 Å². The second kappa shape index (κ2) is 9.03. The van der Waals surface area contributed by atoms with Crippen molar-refractivity contribution in [2.45, 2.75) is 32.6 Å². The number of imide groups is 1. The maximum Gasteiger partial charge on any atom is 0.416 e. The van der Waals surface area contributed by atoms with E-state index in [2.05, 4.69) is 10.4 Å². The first kappa shape index (κ1) is 22.5. The van der Waals surface area contributed by atoms with Crippen molar-refractivity contribution < 1.29 is 22.8 Å². The summed E-state index contributed by atoms with van der Waals surface area (Å²) in [6, 6.07) is 13.2. The monoisotopic (exact) mass is 454 g/mol. The zero-order valence-electron chi connectivity index (χ0n) is 17.8. The number of carbonyl (C=O) groups is 2. The molecule has 3 amide bonds. The molecule has 2 aromatic carbocycles. The van der Waals surface area contributed by atoms with Gasteiger partial charge in [0.1, 0.15) is 0 Å². The van der Waals surface area contributed by atoms with Gasteiger partial charge in [0.2, 0.25) is 5.91 Å². The molecule has 0 saturated heterocycles. The first-order valence-electron chi connectivity index (χ1n) is 10.4. The molecule has 0 radical (unpaired) electrons. The van der Waals surface area contributed by atoms with Gasteiger partial charge in [-0.3, -0.25) is 14.8 Å². The lowest BCUT2D eigenvalue weighted by Crippen LogP contribution is -2.54.